The largest absolute Gasteiger partial charge is 0.494 e. The van der Waals surface area contributed by atoms with E-state index in [1.807, 2.05) is 31.2 Å². The molecule has 0 unspecified atom stereocenters. The van der Waals surface area contributed by atoms with E-state index in [-0.39, 0.29) is 5.91 Å². The summed E-state index contributed by atoms with van der Waals surface area (Å²) in [6.45, 7) is 2.61. The topological polar surface area (TPSA) is 62.1 Å². The lowest BCUT2D eigenvalue weighted by Gasteiger charge is -2.29. The summed E-state index contributed by atoms with van der Waals surface area (Å²) >= 11 is 6.42. The maximum absolute atomic E-state index is 13.3. The Balaban J connectivity index is 1.89. The van der Waals surface area contributed by atoms with E-state index in [2.05, 4.69) is 11.4 Å². The average Bonchev–Trinajstić information content (AvgIpc) is 3.18. The van der Waals surface area contributed by atoms with Crippen LogP contribution in [-0.2, 0) is 10.2 Å². The number of rotatable bonds is 6. The Kier molecular flexibility index (Phi) is 6.03. The quantitative estimate of drug-likeness (QED) is 0.722. The molecular weight excluding hydrogens is 360 g/mol. The molecule has 27 heavy (non-hydrogen) atoms. The highest BCUT2D eigenvalue weighted by Gasteiger charge is 2.44. The molecule has 1 fully saturated rings. The van der Waals surface area contributed by atoms with E-state index in [1.165, 1.54) is 0 Å². The molecule has 1 aliphatic rings. The van der Waals surface area contributed by atoms with Crippen LogP contribution >= 0.6 is 11.6 Å². The van der Waals surface area contributed by atoms with Crippen LogP contribution in [0.15, 0.2) is 42.5 Å². The smallest absolute Gasteiger partial charge is 0.235 e. The molecule has 0 spiro atoms. The fourth-order valence-electron chi connectivity index (χ4n) is 3.72. The highest BCUT2D eigenvalue weighted by Crippen LogP contribution is 2.44. The summed E-state index contributed by atoms with van der Waals surface area (Å²) in [7, 11) is 0. The molecule has 3 rings (SSSR count). The van der Waals surface area contributed by atoms with E-state index in [4.69, 9.17) is 16.3 Å². The van der Waals surface area contributed by atoms with Gasteiger partial charge in [0.05, 0.1) is 23.3 Å². The summed E-state index contributed by atoms with van der Waals surface area (Å²) in [5.74, 6) is 0.528. The first-order chi connectivity index (χ1) is 13.1. The van der Waals surface area contributed by atoms with Gasteiger partial charge in [-0.15, -0.1) is 0 Å². The zero-order valence-electron chi connectivity index (χ0n) is 15.4. The number of nitrogens with zero attached hydrogens (tertiary/aromatic N) is 1. The summed E-state index contributed by atoms with van der Waals surface area (Å²) < 4.78 is 5.58. The highest BCUT2D eigenvalue weighted by atomic mass is 35.5. The number of carbonyl (C=O) groups is 1. The van der Waals surface area contributed by atoms with Crippen LogP contribution in [0.1, 0.15) is 50.2 Å². The van der Waals surface area contributed by atoms with Crippen molar-refractivity contribution in [1.82, 2.24) is 0 Å². The van der Waals surface area contributed by atoms with Gasteiger partial charge in [0, 0.05) is 5.02 Å². The molecule has 2 aromatic carbocycles. The summed E-state index contributed by atoms with van der Waals surface area (Å²) in [5.41, 5.74) is 1.11. The SMILES string of the molecule is CCCOc1ccc(NC(=O)C2(c3ccccc3Cl)CCCC2)c(C#N)c1. The van der Waals surface area contributed by atoms with Crippen molar-refractivity contribution >= 4 is 23.2 Å². The molecule has 1 N–H and O–H groups in total. The molecule has 0 bridgehead atoms. The maximum atomic E-state index is 13.3. The number of hydrogen-bond donors (Lipinski definition) is 1. The Labute approximate surface area is 165 Å². The fourth-order valence-corrected chi connectivity index (χ4v) is 4.04. The van der Waals surface area contributed by atoms with Crippen molar-refractivity contribution in [3.8, 4) is 11.8 Å². The summed E-state index contributed by atoms with van der Waals surface area (Å²) in [5, 5.41) is 13.1. The number of carbonyl (C=O) groups excluding carboxylic acids is 1. The Morgan fingerprint density at radius 3 is 2.67 bits per heavy atom. The second kappa shape index (κ2) is 8.45. The Hall–Kier alpha value is -2.51. The molecule has 0 heterocycles. The molecule has 4 nitrogen and oxygen atoms in total. The Morgan fingerprint density at radius 1 is 1.26 bits per heavy atom. The normalized spacial score (nSPS) is 15.1. The number of nitriles is 1. The van der Waals surface area contributed by atoms with Crippen LogP contribution in [0.2, 0.25) is 5.02 Å². The second-order valence-corrected chi connectivity index (χ2v) is 7.30. The Morgan fingerprint density at radius 2 is 2.00 bits per heavy atom. The number of halogens is 1. The van der Waals surface area contributed by atoms with E-state index in [0.717, 1.165) is 37.7 Å². The molecule has 140 valence electrons. The minimum atomic E-state index is -0.650. The van der Waals surface area contributed by atoms with Crippen LogP contribution in [0.3, 0.4) is 0 Å². The number of hydrogen-bond acceptors (Lipinski definition) is 3. The van der Waals surface area contributed by atoms with Crippen LogP contribution < -0.4 is 10.1 Å². The average molecular weight is 383 g/mol. The second-order valence-electron chi connectivity index (χ2n) is 6.89. The summed E-state index contributed by atoms with van der Waals surface area (Å²) in [6.07, 6.45) is 4.35. The Bertz CT molecular complexity index is 867. The van der Waals surface area contributed by atoms with Crippen molar-refractivity contribution in [2.24, 2.45) is 0 Å². The van der Waals surface area contributed by atoms with Crippen molar-refractivity contribution in [2.45, 2.75) is 44.4 Å². The first kappa shape index (κ1) is 19.3. The van der Waals surface area contributed by atoms with Gasteiger partial charge in [-0.2, -0.15) is 5.26 Å². The first-order valence-corrected chi connectivity index (χ1v) is 9.72. The maximum Gasteiger partial charge on any atom is 0.235 e. The van der Waals surface area contributed by atoms with Gasteiger partial charge >= 0.3 is 0 Å². The van der Waals surface area contributed by atoms with Crippen molar-refractivity contribution in [3.05, 3.63) is 58.6 Å². The minimum Gasteiger partial charge on any atom is -0.494 e. The first-order valence-electron chi connectivity index (χ1n) is 9.34. The van der Waals surface area contributed by atoms with E-state index in [1.54, 1.807) is 18.2 Å². The van der Waals surface area contributed by atoms with Crippen molar-refractivity contribution < 1.29 is 9.53 Å². The summed E-state index contributed by atoms with van der Waals surface area (Å²) in [4.78, 5) is 13.3. The minimum absolute atomic E-state index is 0.105. The monoisotopic (exact) mass is 382 g/mol. The highest BCUT2D eigenvalue weighted by molar-refractivity contribution is 6.32. The molecule has 0 radical (unpaired) electrons. The molecule has 1 aliphatic carbocycles. The lowest BCUT2D eigenvalue weighted by atomic mass is 9.78. The molecule has 0 aliphatic heterocycles. The molecule has 1 amide bonds. The number of nitrogens with one attached hydrogen (secondary N) is 1. The van der Waals surface area contributed by atoms with E-state index >= 15 is 0 Å². The third-order valence-electron chi connectivity index (χ3n) is 5.11. The number of ether oxygens (including phenoxy) is 1. The van der Waals surface area contributed by atoms with Gasteiger partial charge in [-0.1, -0.05) is 49.6 Å². The van der Waals surface area contributed by atoms with Crippen LogP contribution in [0.4, 0.5) is 5.69 Å². The van der Waals surface area contributed by atoms with Crippen LogP contribution in [0.25, 0.3) is 0 Å². The molecular formula is C22H23ClN2O2. The van der Waals surface area contributed by atoms with Gasteiger partial charge < -0.3 is 10.1 Å². The van der Waals surface area contributed by atoms with Gasteiger partial charge in [-0.25, -0.2) is 0 Å². The zero-order valence-corrected chi connectivity index (χ0v) is 16.2. The van der Waals surface area contributed by atoms with Crippen LogP contribution in [0, 0.1) is 11.3 Å². The van der Waals surface area contributed by atoms with Gasteiger partial charge in [0.2, 0.25) is 5.91 Å². The lowest BCUT2D eigenvalue weighted by molar-refractivity contribution is -0.121. The van der Waals surface area contributed by atoms with Crippen LogP contribution in [0.5, 0.6) is 5.75 Å². The van der Waals surface area contributed by atoms with Crippen LogP contribution in [-0.4, -0.2) is 12.5 Å². The predicted molar refractivity (Wildman–Crippen MR) is 107 cm³/mol. The molecule has 2 aromatic rings. The molecule has 0 atom stereocenters. The third kappa shape index (κ3) is 3.94. The van der Waals surface area contributed by atoms with E-state index in [0.29, 0.717) is 28.6 Å². The van der Waals surface area contributed by atoms with E-state index < -0.39 is 5.41 Å². The lowest BCUT2D eigenvalue weighted by Crippen LogP contribution is -2.38. The van der Waals surface area contributed by atoms with Crippen molar-refractivity contribution in [3.63, 3.8) is 0 Å². The molecule has 0 aromatic heterocycles. The predicted octanol–water partition coefficient (Wildman–Crippen LogP) is 5.45. The van der Waals surface area contributed by atoms with Gasteiger partial charge in [-0.3, -0.25) is 4.79 Å². The van der Waals surface area contributed by atoms with Crippen molar-refractivity contribution in [2.75, 3.05) is 11.9 Å². The van der Waals surface area contributed by atoms with Gasteiger partial charge in [0.15, 0.2) is 0 Å². The van der Waals surface area contributed by atoms with Crippen molar-refractivity contribution in [1.29, 1.82) is 5.26 Å². The zero-order chi connectivity index (χ0) is 19.3. The standard InChI is InChI=1S/C22H23ClN2O2/c1-2-13-27-17-9-10-20(16(14-17)15-24)25-21(26)22(11-5-6-12-22)18-7-3-4-8-19(18)23/h3-4,7-10,14H,2,5-6,11-13H2,1H3,(H,25,26). The number of anilines is 1. The van der Waals surface area contributed by atoms with Gasteiger partial charge in [0.25, 0.3) is 0 Å². The number of amides is 1. The number of benzene rings is 2. The van der Waals surface area contributed by atoms with Gasteiger partial charge in [-0.05, 0) is 49.1 Å². The van der Waals surface area contributed by atoms with E-state index in [9.17, 15) is 10.1 Å². The molecule has 5 heteroatoms. The third-order valence-corrected chi connectivity index (χ3v) is 5.44. The fraction of sp³-hybridized carbons (Fsp3) is 0.364. The summed E-state index contributed by atoms with van der Waals surface area (Å²) in [6, 6.07) is 14.9. The molecule has 1 saturated carbocycles. The molecule has 0 saturated heterocycles. The van der Waals surface area contributed by atoms with Gasteiger partial charge in [0.1, 0.15) is 11.8 Å².